The number of nitrogens with one attached hydrogen (secondary N) is 1. The van der Waals surface area contributed by atoms with Gasteiger partial charge in [-0.15, -0.1) is 11.8 Å². The standard InChI is InChI=1S/C15H17N3O2S/c1-21-12-6-4-11(5-7-12)15(19)16-9-8-13-17-14(18-20-13)10-2-3-10/h4-7,10H,2-3,8-9H2,1H3,(H,16,19). The third kappa shape index (κ3) is 3.64. The second-order valence-corrected chi connectivity index (χ2v) is 5.93. The first-order valence-corrected chi connectivity index (χ1v) is 8.23. The Morgan fingerprint density at radius 1 is 1.38 bits per heavy atom. The van der Waals surface area contributed by atoms with Crippen LogP contribution in [0.1, 0.15) is 40.8 Å². The molecule has 1 amide bonds. The lowest BCUT2D eigenvalue weighted by molar-refractivity contribution is 0.0953. The molecule has 1 aromatic carbocycles. The van der Waals surface area contributed by atoms with Crippen LogP contribution in [0.25, 0.3) is 0 Å². The van der Waals surface area contributed by atoms with Crippen molar-refractivity contribution in [2.24, 2.45) is 0 Å². The van der Waals surface area contributed by atoms with Gasteiger partial charge in [0.15, 0.2) is 5.82 Å². The zero-order chi connectivity index (χ0) is 14.7. The molecule has 6 heteroatoms. The van der Waals surface area contributed by atoms with Crippen LogP contribution in [0, 0.1) is 0 Å². The molecule has 1 heterocycles. The third-order valence-electron chi connectivity index (χ3n) is 3.40. The van der Waals surface area contributed by atoms with Crippen molar-refractivity contribution in [2.45, 2.75) is 30.1 Å². The molecule has 1 saturated carbocycles. The Labute approximate surface area is 127 Å². The van der Waals surface area contributed by atoms with Gasteiger partial charge in [-0.25, -0.2) is 0 Å². The van der Waals surface area contributed by atoms with E-state index in [1.165, 1.54) is 0 Å². The molecule has 0 atom stereocenters. The second kappa shape index (κ2) is 6.30. The molecule has 1 N–H and O–H groups in total. The predicted molar refractivity (Wildman–Crippen MR) is 80.5 cm³/mol. The molecule has 0 aliphatic heterocycles. The van der Waals surface area contributed by atoms with E-state index in [2.05, 4.69) is 15.5 Å². The van der Waals surface area contributed by atoms with Gasteiger partial charge in [-0.05, 0) is 43.4 Å². The summed E-state index contributed by atoms with van der Waals surface area (Å²) in [6, 6.07) is 7.55. The molecule has 1 aliphatic rings. The van der Waals surface area contributed by atoms with Gasteiger partial charge in [0.1, 0.15) is 0 Å². The lowest BCUT2D eigenvalue weighted by atomic mass is 10.2. The number of thioether (sulfide) groups is 1. The van der Waals surface area contributed by atoms with Crippen LogP contribution < -0.4 is 5.32 Å². The first-order chi connectivity index (χ1) is 10.3. The summed E-state index contributed by atoms with van der Waals surface area (Å²) in [6.45, 7) is 0.495. The van der Waals surface area contributed by atoms with Crippen LogP contribution in [0.2, 0.25) is 0 Å². The molecule has 0 bridgehead atoms. The van der Waals surface area contributed by atoms with Crippen molar-refractivity contribution in [3.8, 4) is 0 Å². The monoisotopic (exact) mass is 303 g/mol. The third-order valence-corrected chi connectivity index (χ3v) is 4.15. The molecule has 1 fully saturated rings. The number of carbonyl (C=O) groups excluding carboxylic acids is 1. The zero-order valence-electron chi connectivity index (χ0n) is 11.8. The minimum Gasteiger partial charge on any atom is -0.352 e. The fraction of sp³-hybridized carbons (Fsp3) is 0.400. The highest BCUT2D eigenvalue weighted by atomic mass is 32.2. The number of hydrogen-bond donors (Lipinski definition) is 1. The summed E-state index contributed by atoms with van der Waals surface area (Å²) in [4.78, 5) is 17.4. The molecule has 3 rings (SSSR count). The molecule has 110 valence electrons. The van der Waals surface area contributed by atoms with Gasteiger partial charge >= 0.3 is 0 Å². The Morgan fingerprint density at radius 3 is 2.81 bits per heavy atom. The van der Waals surface area contributed by atoms with E-state index in [0.717, 1.165) is 23.6 Å². The summed E-state index contributed by atoms with van der Waals surface area (Å²) in [7, 11) is 0. The molecule has 5 nitrogen and oxygen atoms in total. The Kier molecular flexibility index (Phi) is 4.24. The van der Waals surface area contributed by atoms with Gasteiger partial charge in [0, 0.05) is 29.3 Å². The summed E-state index contributed by atoms with van der Waals surface area (Å²) in [5.41, 5.74) is 0.664. The van der Waals surface area contributed by atoms with Crippen LogP contribution in [0.15, 0.2) is 33.7 Å². The number of aromatic nitrogens is 2. The number of carbonyl (C=O) groups is 1. The van der Waals surface area contributed by atoms with Gasteiger partial charge in [0.2, 0.25) is 5.89 Å². The van der Waals surface area contributed by atoms with Gasteiger partial charge in [-0.3, -0.25) is 4.79 Å². The zero-order valence-corrected chi connectivity index (χ0v) is 12.7. The van der Waals surface area contributed by atoms with E-state index in [1.54, 1.807) is 11.8 Å². The molecule has 2 aromatic rings. The van der Waals surface area contributed by atoms with E-state index < -0.39 is 0 Å². The SMILES string of the molecule is CSc1ccc(C(=O)NCCc2nc(C3CC3)no2)cc1. The number of nitrogens with zero attached hydrogens (tertiary/aromatic N) is 2. The summed E-state index contributed by atoms with van der Waals surface area (Å²) in [5.74, 6) is 1.82. The summed E-state index contributed by atoms with van der Waals surface area (Å²) >= 11 is 1.65. The van der Waals surface area contributed by atoms with Gasteiger partial charge in [0.05, 0.1) is 0 Å². The molecule has 0 unspecified atom stereocenters. The Balaban J connectivity index is 1.48. The maximum absolute atomic E-state index is 12.0. The molecule has 0 radical (unpaired) electrons. The fourth-order valence-electron chi connectivity index (χ4n) is 2.00. The van der Waals surface area contributed by atoms with E-state index in [9.17, 15) is 4.79 Å². The van der Waals surface area contributed by atoms with E-state index >= 15 is 0 Å². The van der Waals surface area contributed by atoms with Crippen molar-refractivity contribution in [1.82, 2.24) is 15.5 Å². The first-order valence-electron chi connectivity index (χ1n) is 7.01. The minimum atomic E-state index is -0.0791. The number of amides is 1. The topological polar surface area (TPSA) is 68.0 Å². The van der Waals surface area contributed by atoms with Crippen LogP contribution in [-0.4, -0.2) is 28.8 Å². The quantitative estimate of drug-likeness (QED) is 0.831. The highest BCUT2D eigenvalue weighted by molar-refractivity contribution is 7.98. The lowest BCUT2D eigenvalue weighted by Crippen LogP contribution is -2.25. The summed E-state index contributed by atoms with van der Waals surface area (Å²) < 4.78 is 5.17. The molecule has 21 heavy (non-hydrogen) atoms. The number of benzene rings is 1. The van der Waals surface area contributed by atoms with Crippen molar-refractivity contribution in [2.75, 3.05) is 12.8 Å². The summed E-state index contributed by atoms with van der Waals surface area (Å²) in [5, 5.41) is 6.82. The van der Waals surface area contributed by atoms with Crippen LogP contribution in [0.3, 0.4) is 0 Å². The van der Waals surface area contributed by atoms with Gasteiger partial charge in [-0.1, -0.05) is 5.16 Å². The van der Waals surface area contributed by atoms with Crippen LogP contribution in [-0.2, 0) is 6.42 Å². The van der Waals surface area contributed by atoms with Crippen molar-refractivity contribution in [1.29, 1.82) is 0 Å². The highest BCUT2D eigenvalue weighted by Crippen LogP contribution is 2.38. The van der Waals surface area contributed by atoms with E-state index in [4.69, 9.17) is 4.52 Å². The predicted octanol–water partition coefficient (Wildman–Crippen LogP) is 2.64. The van der Waals surface area contributed by atoms with Gasteiger partial charge < -0.3 is 9.84 Å². The molecule has 1 aromatic heterocycles. The lowest BCUT2D eigenvalue weighted by Gasteiger charge is -2.04. The Bertz CT molecular complexity index is 620. The van der Waals surface area contributed by atoms with Crippen molar-refractivity contribution in [3.63, 3.8) is 0 Å². The van der Waals surface area contributed by atoms with Crippen molar-refractivity contribution < 1.29 is 9.32 Å². The van der Waals surface area contributed by atoms with E-state index in [0.29, 0.717) is 30.3 Å². The highest BCUT2D eigenvalue weighted by Gasteiger charge is 2.28. The Morgan fingerprint density at radius 2 is 2.14 bits per heavy atom. The first kappa shape index (κ1) is 14.1. The molecule has 1 aliphatic carbocycles. The molecular weight excluding hydrogens is 286 g/mol. The van der Waals surface area contributed by atoms with Crippen molar-refractivity contribution in [3.05, 3.63) is 41.5 Å². The van der Waals surface area contributed by atoms with Gasteiger partial charge in [-0.2, -0.15) is 4.98 Å². The van der Waals surface area contributed by atoms with Crippen molar-refractivity contribution >= 4 is 17.7 Å². The number of rotatable bonds is 6. The minimum absolute atomic E-state index is 0.0791. The van der Waals surface area contributed by atoms with E-state index in [1.807, 2.05) is 30.5 Å². The maximum Gasteiger partial charge on any atom is 0.251 e. The average Bonchev–Trinajstić information content (AvgIpc) is 3.27. The summed E-state index contributed by atoms with van der Waals surface area (Å²) in [6.07, 6.45) is 4.88. The van der Waals surface area contributed by atoms with Gasteiger partial charge in [0.25, 0.3) is 5.91 Å². The largest absolute Gasteiger partial charge is 0.352 e. The normalized spacial score (nSPS) is 14.1. The van der Waals surface area contributed by atoms with Crippen LogP contribution >= 0.6 is 11.8 Å². The smallest absolute Gasteiger partial charge is 0.251 e. The number of hydrogen-bond acceptors (Lipinski definition) is 5. The van der Waals surface area contributed by atoms with Crippen LogP contribution in [0.5, 0.6) is 0 Å². The van der Waals surface area contributed by atoms with E-state index in [-0.39, 0.29) is 5.91 Å². The fourth-order valence-corrected chi connectivity index (χ4v) is 2.41. The molecular formula is C15H17N3O2S. The second-order valence-electron chi connectivity index (χ2n) is 5.05. The molecule has 0 saturated heterocycles. The van der Waals surface area contributed by atoms with Crippen LogP contribution in [0.4, 0.5) is 0 Å². The average molecular weight is 303 g/mol. The maximum atomic E-state index is 12.0. The molecule has 0 spiro atoms. The Hall–Kier alpha value is -1.82.